The predicted octanol–water partition coefficient (Wildman–Crippen LogP) is 0.239. The third kappa shape index (κ3) is 3.91. The second-order valence-corrected chi connectivity index (χ2v) is 3.89. The summed E-state index contributed by atoms with van der Waals surface area (Å²) in [4.78, 5) is 2.36. The van der Waals surface area contributed by atoms with Gasteiger partial charge in [-0.15, -0.1) is 0 Å². The molecule has 88 valence electrons. The number of methoxy groups -OCH3 is 2. The topological polar surface area (TPSA) is 47.7 Å². The van der Waals surface area contributed by atoms with Gasteiger partial charge in [-0.2, -0.15) is 0 Å². The molecule has 15 heavy (non-hydrogen) atoms. The van der Waals surface area contributed by atoms with Crippen molar-refractivity contribution in [3.8, 4) is 0 Å². The van der Waals surface area contributed by atoms with Crippen LogP contribution in [0.15, 0.2) is 11.6 Å². The lowest BCUT2D eigenvalue weighted by atomic mass is 10.1. The Bertz CT molecular complexity index is 207. The highest BCUT2D eigenvalue weighted by Crippen LogP contribution is 2.13. The Labute approximate surface area is 92.0 Å². The zero-order valence-corrected chi connectivity index (χ0v) is 9.74. The highest BCUT2D eigenvalue weighted by molar-refractivity contribution is 5.08. The first-order valence-electron chi connectivity index (χ1n) is 5.41. The minimum absolute atomic E-state index is 0.343. The normalized spacial score (nSPS) is 20.1. The summed E-state index contributed by atoms with van der Waals surface area (Å²) in [5, 5.41) is 0. The van der Waals surface area contributed by atoms with Crippen molar-refractivity contribution in [1.29, 1.82) is 0 Å². The van der Waals surface area contributed by atoms with Gasteiger partial charge in [-0.25, -0.2) is 0 Å². The van der Waals surface area contributed by atoms with Gasteiger partial charge >= 0.3 is 0 Å². The summed E-state index contributed by atoms with van der Waals surface area (Å²) in [6.45, 7) is 4.14. The fraction of sp³-hybridized carbons (Fsp3) is 0.818. The van der Waals surface area contributed by atoms with Crippen molar-refractivity contribution in [3.05, 3.63) is 11.6 Å². The second-order valence-electron chi connectivity index (χ2n) is 3.89. The molecule has 4 nitrogen and oxygen atoms in total. The van der Waals surface area contributed by atoms with E-state index in [4.69, 9.17) is 15.2 Å². The van der Waals surface area contributed by atoms with Gasteiger partial charge in [-0.3, -0.25) is 4.90 Å². The maximum Gasteiger partial charge on any atom is 0.0673 e. The summed E-state index contributed by atoms with van der Waals surface area (Å²) in [5.41, 5.74) is 7.11. The van der Waals surface area contributed by atoms with Gasteiger partial charge in [0.05, 0.1) is 13.2 Å². The quantitative estimate of drug-likeness (QED) is 0.643. The van der Waals surface area contributed by atoms with Crippen LogP contribution >= 0.6 is 0 Å². The number of nitrogens with zero attached hydrogens (tertiary/aromatic N) is 1. The molecule has 4 heteroatoms. The van der Waals surface area contributed by atoms with Crippen LogP contribution in [-0.2, 0) is 9.47 Å². The molecular weight excluding hydrogens is 192 g/mol. The molecule has 2 N–H and O–H groups in total. The lowest BCUT2D eigenvalue weighted by molar-refractivity contribution is 0.0972. The van der Waals surface area contributed by atoms with Crippen LogP contribution in [0.2, 0.25) is 0 Å². The Balaban J connectivity index is 2.40. The van der Waals surface area contributed by atoms with Crippen LogP contribution in [0.5, 0.6) is 0 Å². The van der Waals surface area contributed by atoms with Crippen LogP contribution in [0.3, 0.4) is 0 Å². The summed E-state index contributed by atoms with van der Waals surface area (Å²) in [6.07, 6.45) is 3.32. The van der Waals surface area contributed by atoms with Crippen molar-refractivity contribution in [3.63, 3.8) is 0 Å². The Morgan fingerprint density at radius 1 is 1.47 bits per heavy atom. The molecule has 0 bridgehead atoms. The molecule has 1 aliphatic heterocycles. The lowest BCUT2D eigenvalue weighted by Gasteiger charge is -2.32. The summed E-state index contributed by atoms with van der Waals surface area (Å²) in [5.74, 6) is 0. The molecule has 0 saturated heterocycles. The second kappa shape index (κ2) is 6.95. The lowest BCUT2D eigenvalue weighted by Crippen LogP contribution is -2.45. The van der Waals surface area contributed by atoms with E-state index in [-0.39, 0.29) is 0 Å². The fourth-order valence-electron chi connectivity index (χ4n) is 1.89. The number of hydrogen-bond donors (Lipinski definition) is 1. The highest BCUT2D eigenvalue weighted by atomic mass is 16.5. The van der Waals surface area contributed by atoms with Gasteiger partial charge in [-0.05, 0) is 12.0 Å². The van der Waals surface area contributed by atoms with Crippen LogP contribution in [0.4, 0.5) is 0 Å². The summed E-state index contributed by atoms with van der Waals surface area (Å²) >= 11 is 0. The SMILES string of the molecule is COCC1=CCN(C(CN)COC)CC1. The van der Waals surface area contributed by atoms with Crippen LogP contribution in [0, 0.1) is 0 Å². The maximum atomic E-state index is 5.72. The summed E-state index contributed by atoms with van der Waals surface area (Å²) < 4.78 is 10.3. The molecule has 0 radical (unpaired) electrons. The summed E-state index contributed by atoms with van der Waals surface area (Å²) in [7, 11) is 3.46. The van der Waals surface area contributed by atoms with Gasteiger partial charge < -0.3 is 15.2 Å². The minimum atomic E-state index is 0.343. The Kier molecular flexibility index (Phi) is 5.86. The van der Waals surface area contributed by atoms with E-state index in [2.05, 4.69) is 11.0 Å². The molecule has 1 rings (SSSR count). The van der Waals surface area contributed by atoms with Crippen molar-refractivity contribution in [2.75, 3.05) is 47.1 Å². The van der Waals surface area contributed by atoms with Gasteiger partial charge in [0, 0.05) is 39.9 Å². The average Bonchev–Trinajstić information content (AvgIpc) is 2.28. The first-order chi connectivity index (χ1) is 7.31. The van der Waals surface area contributed by atoms with E-state index in [0.29, 0.717) is 19.2 Å². The van der Waals surface area contributed by atoms with E-state index >= 15 is 0 Å². The predicted molar refractivity (Wildman–Crippen MR) is 60.9 cm³/mol. The van der Waals surface area contributed by atoms with Crippen molar-refractivity contribution >= 4 is 0 Å². The number of hydrogen-bond acceptors (Lipinski definition) is 4. The van der Waals surface area contributed by atoms with Crippen molar-refractivity contribution in [2.24, 2.45) is 5.73 Å². The molecule has 1 unspecified atom stereocenters. The van der Waals surface area contributed by atoms with Gasteiger partial charge in [0.1, 0.15) is 0 Å². The van der Waals surface area contributed by atoms with Crippen LogP contribution in [0.1, 0.15) is 6.42 Å². The van der Waals surface area contributed by atoms with E-state index < -0.39 is 0 Å². The summed E-state index contributed by atoms with van der Waals surface area (Å²) in [6, 6.07) is 0.343. The molecule has 0 aliphatic carbocycles. The Morgan fingerprint density at radius 3 is 2.73 bits per heavy atom. The third-order valence-corrected chi connectivity index (χ3v) is 2.81. The molecule has 1 atom stereocenters. The monoisotopic (exact) mass is 214 g/mol. The zero-order chi connectivity index (χ0) is 11.1. The first-order valence-corrected chi connectivity index (χ1v) is 5.41. The van der Waals surface area contributed by atoms with Gasteiger partial charge in [0.15, 0.2) is 0 Å². The van der Waals surface area contributed by atoms with Crippen molar-refractivity contribution in [1.82, 2.24) is 4.90 Å². The number of rotatable bonds is 6. The van der Waals surface area contributed by atoms with Gasteiger partial charge in [-0.1, -0.05) is 6.08 Å². The van der Waals surface area contributed by atoms with E-state index in [1.807, 2.05) is 0 Å². The number of nitrogens with two attached hydrogens (primary N) is 1. The highest BCUT2D eigenvalue weighted by Gasteiger charge is 2.19. The molecule has 0 aromatic rings. The minimum Gasteiger partial charge on any atom is -0.383 e. The van der Waals surface area contributed by atoms with Gasteiger partial charge in [0.25, 0.3) is 0 Å². The molecule has 0 spiro atoms. The van der Waals surface area contributed by atoms with E-state index in [1.165, 1.54) is 5.57 Å². The molecule has 0 fully saturated rings. The third-order valence-electron chi connectivity index (χ3n) is 2.81. The Hall–Kier alpha value is -0.420. The smallest absolute Gasteiger partial charge is 0.0673 e. The number of ether oxygens (including phenoxy) is 2. The largest absolute Gasteiger partial charge is 0.383 e. The van der Waals surface area contributed by atoms with Crippen LogP contribution < -0.4 is 5.73 Å². The zero-order valence-electron chi connectivity index (χ0n) is 9.74. The van der Waals surface area contributed by atoms with Crippen molar-refractivity contribution in [2.45, 2.75) is 12.5 Å². The standard InChI is InChI=1S/C11H22N2O2/c1-14-8-10-3-5-13(6-4-10)11(7-12)9-15-2/h3,11H,4-9,12H2,1-2H3. The molecule has 0 aromatic carbocycles. The van der Waals surface area contributed by atoms with E-state index in [0.717, 1.165) is 26.1 Å². The van der Waals surface area contributed by atoms with Crippen LogP contribution in [-0.4, -0.2) is 58.0 Å². The molecular formula is C11H22N2O2. The molecule has 1 aliphatic rings. The average molecular weight is 214 g/mol. The fourth-order valence-corrected chi connectivity index (χ4v) is 1.89. The van der Waals surface area contributed by atoms with E-state index in [1.54, 1.807) is 14.2 Å². The van der Waals surface area contributed by atoms with Crippen LogP contribution in [0.25, 0.3) is 0 Å². The molecule has 0 aromatic heterocycles. The first kappa shape index (κ1) is 12.6. The van der Waals surface area contributed by atoms with Gasteiger partial charge in [0.2, 0.25) is 0 Å². The molecule has 1 heterocycles. The Morgan fingerprint density at radius 2 is 2.27 bits per heavy atom. The van der Waals surface area contributed by atoms with E-state index in [9.17, 15) is 0 Å². The maximum absolute atomic E-state index is 5.72. The van der Waals surface area contributed by atoms with Crippen molar-refractivity contribution < 1.29 is 9.47 Å². The molecule has 0 amide bonds. The molecule has 0 saturated carbocycles.